The largest absolute Gasteiger partial charge is 0.493 e. The maximum absolute atomic E-state index is 13.1. The summed E-state index contributed by atoms with van der Waals surface area (Å²) < 4.78 is 28.9. The van der Waals surface area contributed by atoms with Crippen LogP contribution in [0.4, 0.5) is 0 Å². The van der Waals surface area contributed by atoms with Crippen molar-refractivity contribution in [1.29, 1.82) is 0 Å². The molecule has 1 unspecified atom stereocenters. The summed E-state index contributed by atoms with van der Waals surface area (Å²) in [5.41, 5.74) is 5.02. The van der Waals surface area contributed by atoms with Gasteiger partial charge in [-0.25, -0.2) is 0 Å². The summed E-state index contributed by atoms with van der Waals surface area (Å²) in [4.78, 5) is 19.3. The van der Waals surface area contributed by atoms with Crippen LogP contribution in [0, 0.1) is 0 Å². The van der Waals surface area contributed by atoms with Crippen molar-refractivity contribution in [2.45, 2.75) is 63.6 Å². The lowest BCUT2D eigenvalue weighted by molar-refractivity contribution is -0.145. The molecule has 3 heterocycles. The zero-order valence-corrected chi connectivity index (χ0v) is 24.0. The van der Waals surface area contributed by atoms with Gasteiger partial charge in [-0.15, -0.1) is 0 Å². The van der Waals surface area contributed by atoms with Crippen LogP contribution in [0.1, 0.15) is 71.3 Å². The van der Waals surface area contributed by atoms with E-state index in [1.807, 2.05) is 36.9 Å². The number of hydrogen-bond acceptors (Lipinski definition) is 7. The van der Waals surface area contributed by atoms with Crippen LogP contribution in [0.2, 0.25) is 0 Å². The number of rotatable bonds is 11. The number of amides is 1. The second kappa shape index (κ2) is 11.8. The number of benzene rings is 2. The third kappa shape index (κ3) is 6.72. The smallest absolute Gasteiger partial charge is 0.272 e. The third-order valence-electron chi connectivity index (χ3n) is 7.93. The topological polar surface area (TPSA) is 79.4 Å². The third-order valence-corrected chi connectivity index (χ3v) is 7.93. The van der Waals surface area contributed by atoms with Gasteiger partial charge in [0.05, 0.1) is 26.9 Å². The van der Waals surface area contributed by atoms with Crippen LogP contribution < -0.4 is 9.47 Å². The Hall–Kier alpha value is -3.46. The van der Waals surface area contributed by atoms with Gasteiger partial charge in [-0.1, -0.05) is 30.3 Å². The van der Waals surface area contributed by atoms with Crippen LogP contribution in [0.25, 0.3) is 0 Å². The van der Waals surface area contributed by atoms with E-state index < -0.39 is 5.79 Å². The van der Waals surface area contributed by atoms with Crippen molar-refractivity contribution in [1.82, 2.24) is 9.88 Å². The molecule has 41 heavy (non-hydrogen) atoms. The van der Waals surface area contributed by atoms with Crippen LogP contribution in [0.15, 0.2) is 60.8 Å². The van der Waals surface area contributed by atoms with Gasteiger partial charge >= 0.3 is 0 Å². The molecule has 1 saturated carbocycles. The minimum absolute atomic E-state index is 0.0722. The molecule has 3 aromatic rings. The first-order valence-electron chi connectivity index (χ1n) is 14.4. The van der Waals surface area contributed by atoms with Crippen LogP contribution in [-0.2, 0) is 27.4 Å². The molecule has 1 aromatic heterocycles. The van der Waals surface area contributed by atoms with E-state index in [4.69, 9.17) is 23.7 Å². The van der Waals surface area contributed by atoms with Crippen molar-refractivity contribution in [2.24, 2.45) is 0 Å². The van der Waals surface area contributed by atoms with Gasteiger partial charge in [0, 0.05) is 25.2 Å². The first-order valence-corrected chi connectivity index (χ1v) is 14.4. The maximum atomic E-state index is 13.1. The standard InChI is InChI=1S/C33H38N2O6/c1-33(2)40-21-28(41-33)20-38-18-23-12-13-34-29(14-23)32(36)35-16-27(17-35)26-10-11-30(31(15-26)37-3)39-19-22-4-6-24(7-5-22)25-8-9-25/h4-7,10-15,25,27-28H,8-9,16-21H2,1-3H3. The highest BCUT2D eigenvalue weighted by molar-refractivity contribution is 5.93. The van der Waals surface area contributed by atoms with E-state index in [1.165, 1.54) is 18.4 Å². The molecule has 2 aliphatic heterocycles. The van der Waals surface area contributed by atoms with Crippen molar-refractivity contribution in [3.05, 3.63) is 88.7 Å². The summed E-state index contributed by atoms with van der Waals surface area (Å²) in [7, 11) is 1.66. The average Bonchev–Trinajstić information content (AvgIpc) is 3.74. The van der Waals surface area contributed by atoms with Gasteiger partial charge in [0.2, 0.25) is 0 Å². The summed E-state index contributed by atoms with van der Waals surface area (Å²) in [6.07, 6.45) is 4.18. The van der Waals surface area contributed by atoms with Gasteiger partial charge in [-0.3, -0.25) is 9.78 Å². The normalized spacial score (nSPS) is 20.1. The molecule has 8 nitrogen and oxygen atoms in total. The lowest BCUT2D eigenvalue weighted by Gasteiger charge is -2.39. The molecular weight excluding hydrogens is 520 g/mol. The van der Waals surface area contributed by atoms with E-state index in [9.17, 15) is 4.79 Å². The number of carbonyl (C=O) groups excluding carboxylic acids is 1. The fraction of sp³-hybridized carbons (Fsp3) is 0.455. The van der Waals surface area contributed by atoms with E-state index in [1.54, 1.807) is 19.4 Å². The Labute approximate surface area is 241 Å². The number of hydrogen-bond donors (Lipinski definition) is 0. The van der Waals surface area contributed by atoms with Crippen LogP contribution in [0.3, 0.4) is 0 Å². The molecule has 2 aromatic carbocycles. The minimum Gasteiger partial charge on any atom is -0.493 e. The number of nitrogens with zero attached hydrogens (tertiary/aromatic N) is 2. The quantitative estimate of drug-likeness (QED) is 0.310. The molecule has 1 amide bonds. The molecule has 1 aliphatic carbocycles. The number of aromatic nitrogens is 1. The Kier molecular flexibility index (Phi) is 7.97. The number of ether oxygens (including phenoxy) is 5. The Morgan fingerprint density at radius 3 is 2.44 bits per heavy atom. The molecule has 2 saturated heterocycles. The molecule has 0 N–H and O–H groups in total. The Balaban J connectivity index is 0.990. The van der Waals surface area contributed by atoms with Gasteiger partial charge in [0.1, 0.15) is 18.4 Å². The second-order valence-electron chi connectivity index (χ2n) is 11.6. The number of pyridine rings is 1. The minimum atomic E-state index is -0.567. The fourth-order valence-electron chi connectivity index (χ4n) is 5.37. The Morgan fingerprint density at radius 2 is 1.73 bits per heavy atom. The molecule has 3 aliphatic rings. The van der Waals surface area contributed by atoms with Gasteiger partial charge < -0.3 is 28.6 Å². The first-order chi connectivity index (χ1) is 19.9. The van der Waals surface area contributed by atoms with Gasteiger partial charge in [0.25, 0.3) is 5.91 Å². The van der Waals surface area contributed by atoms with E-state index in [2.05, 4.69) is 35.3 Å². The molecule has 3 fully saturated rings. The zero-order chi connectivity index (χ0) is 28.4. The molecule has 0 radical (unpaired) electrons. The monoisotopic (exact) mass is 558 g/mol. The Morgan fingerprint density at radius 1 is 0.951 bits per heavy atom. The summed E-state index contributed by atoms with van der Waals surface area (Å²) >= 11 is 0. The lowest BCUT2D eigenvalue weighted by atomic mass is 9.91. The number of likely N-dealkylation sites (tertiary alicyclic amines) is 1. The van der Waals surface area contributed by atoms with Crippen LogP contribution in [0.5, 0.6) is 11.5 Å². The van der Waals surface area contributed by atoms with Crippen molar-refractivity contribution < 1.29 is 28.5 Å². The number of methoxy groups -OCH3 is 1. The van der Waals surface area contributed by atoms with Crippen molar-refractivity contribution >= 4 is 5.91 Å². The van der Waals surface area contributed by atoms with Crippen molar-refractivity contribution in [2.75, 3.05) is 33.4 Å². The van der Waals surface area contributed by atoms with Crippen LogP contribution >= 0.6 is 0 Å². The molecule has 8 heteroatoms. The van der Waals surface area contributed by atoms with Gasteiger partial charge in [-0.05, 0) is 79.1 Å². The SMILES string of the molecule is COc1cc(C2CN(C(=O)c3cc(COCC4COC(C)(C)O4)ccn3)C2)ccc1OCc1ccc(C2CC2)cc1. The molecule has 6 rings (SSSR count). The average molecular weight is 559 g/mol. The lowest BCUT2D eigenvalue weighted by Crippen LogP contribution is -2.48. The fourth-order valence-corrected chi connectivity index (χ4v) is 5.37. The van der Waals surface area contributed by atoms with E-state index in [0.29, 0.717) is 56.7 Å². The highest BCUT2D eigenvalue weighted by Gasteiger charge is 2.34. The van der Waals surface area contributed by atoms with Crippen molar-refractivity contribution in [3.8, 4) is 11.5 Å². The first kappa shape index (κ1) is 27.7. The van der Waals surface area contributed by atoms with E-state index in [-0.39, 0.29) is 17.9 Å². The predicted octanol–water partition coefficient (Wildman–Crippen LogP) is 5.45. The summed E-state index contributed by atoms with van der Waals surface area (Å²) in [5, 5.41) is 0. The maximum Gasteiger partial charge on any atom is 0.272 e. The molecule has 1 atom stereocenters. The summed E-state index contributed by atoms with van der Waals surface area (Å²) in [6.45, 7) is 6.87. The molecule has 216 valence electrons. The highest BCUT2D eigenvalue weighted by atomic mass is 16.7. The zero-order valence-electron chi connectivity index (χ0n) is 24.0. The van der Waals surface area contributed by atoms with Crippen molar-refractivity contribution in [3.63, 3.8) is 0 Å². The summed E-state index contributed by atoms with van der Waals surface area (Å²) in [5.74, 6) is 1.77. The highest BCUT2D eigenvalue weighted by Crippen LogP contribution is 2.40. The second-order valence-corrected chi connectivity index (χ2v) is 11.6. The predicted molar refractivity (Wildman–Crippen MR) is 153 cm³/mol. The van der Waals surface area contributed by atoms with E-state index >= 15 is 0 Å². The summed E-state index contributed by atoms with van der Waals surface area (Å²) in [6, 6.07) is 18.4. The van der Waals surface area contributed by atoms with E-state index in [0.717, 1.165) is 22.6 Å². The molecule has 0 spiro atoms. The van der Waals surface area contributed by atoms with Gasteiger partial charge in [0.15, 0.2) is 17.3 Å². The van der Waals surface area contributed by atoms with Gasteiger partial charge in [-0.2, -0.15) is 0 Å². The van der Waals surface area contributed by atoms with Crippen LogP contribution in [-0.4, -0.2) is 61.1 Å². The Bertz CT molecular complexity index is 1360. The molecular formula is C33H38N2O6. The molecule has 0 bridgehead atoms. The number of carbonyl (C=O) groups is 1.